The molecular formula is C12H30NSi+. The minimum absolute atomic E-state index is 0.827. The average molecular weight is 216 g/mol. The van der Waals surface area contributed by atoms with Gasteiger partial charge >= 0.3 is 0 Å². The molecule has 1 nitrogen and oxygen atoms in total. The minimum atomic E-state index is -0.827. The summed E-state index contributed by atoms with van der Waals surface area (Å²) in [6.45, 7) is 8.57. The third-order valence-electron chi connectivity index (χ3n) is 3.79. The minimum Gasteiger partial charge on any atom is -0.331 e. The molecule has 14 heavy (non-hydrogen) atoms. The Hall–Kier alpha value is 0.177. The fourth-order valence-corrected chi connectivity index (χ4v) is 5.68. The molecular weight excluding hydrogens is 186 g/mol. The average Bonchev–Trinajstić information content (AvgIpc) is 2.11. The molecule has 0 aromatic heterocycles. The van der Waals surface area contributed by atoms with Crippen LogP contribution in [0.1, 0.15) is 27.2 Å². The van der Waals surface area contributed by atoms with E-state index in [9.17, 15) is 0 Å². The van der Waals surface area contributed by atoms with E-state index in [4.69, 9.17) is 0 Å². The Morgan fingerprint density at radius 1 is 0.857 bits per heavy atom. The summed E-state index contributed by atoms with van der Waals surface area (Å²) in [6, 6.07) is 6.00. The van der Waals surface area contributed by atoms with Crippen molar-refractivity contribution in [2.45, 2.75) is 51.4 Å². The van der Waals surface area contributed by atoms with E-state index in [1.165, 1.54) is 31.1 Å². The Labute approximate surface area is 92.1 Å². The van der Waals surface area contributed by atoms with Crippen molar-refractivity contribution in [2.24, 2.45) is 0 Å². The van der Waals surface area contributed by atoms with E-state index in [2.05, 4.69) is 41.9 Å². The van der Waals surface area contributed by atoms with Crippen molar-refractivity contribution in [3.63, 3.8) is 0 Å². The van der Waals surface area contributed by atoms with Gasteiger partial charge in [-0.1, -0.05) is 44.9 Å². The van der Waals surface area contributed by atoms with Crippen molar-refractivity contribution >= 4 is 8.07 Å². The highest BCUT2D eigenvalue weighted by atomic mass is 28.3. The van der Waals surface area contributed by atoms with Crippen LogP contribution in [-0.2, 0) is 0 Å². The number of hydrogen-bond donors (Lipinski definition) is 0. The zero-order chi connectivity index (χ0) is 11.2. The van der Waals surface area contributed by atoms with E-state index < -0.39 is 8.07 Å². The summed E-state index contributed by atoms with van der Waals surface area (Å²) in [5.41, 5.74) is 0. The predicted molar refractivity (Wildman–Crippen MR) is 69.5 cm³/mol. The molecule has 0 aliphatic heterocycles. The van der Waals surface area contributed by atoms with Gasteiger partial charge in [0.05, 0.1) is 35.8 Å². The van der Waals surface area contributed by atoms with E-state index in [0.29, 0.717) is 0 Å². The van der Waals surface area contributed by atoms with Crippen LogP contribution in [-0.4, -0.2) is 40.2 Å². The largest absolute Gasteiger partial charge is 0.331 e. The number of quaternary nitrogens is 1. The van der Waals surface area contributed by atoms with Gasteiger partial charge in [0.2, 0.25) is 0 Å². The highest BCUT2D eigenvalue weighted by molar-refractivity contribution is 6.79. The molecule has 86 valence electrons. The van der Waals surface area contributed by atoms with Crippen LogP contribution >= 0.6 is 0 Å². The molecule has 0 aromatic carbocycles. The molecule has 0 heterocycles. The first-order chi connectivity index (χ1) is 6.39. The molecule has 0 spiro atoms. The van der Waals surface area contributed by atoms with Crippen LogP contribution in [0, 0.1) is 0 Å². The summed E-state index contributed by atoms with van der Waals surface area (Å²) in [5.74, 6) is 0. The predicted octanol–water partition coefficient (Wildman–Crippen LogP) is 3.59. The van der Waals surface area contributed by atoms with Gasteiger partial charge in [-0.05, 0) is 6.42 Å². The molecule has 0 amide bonds. The topological polar surface area (TPSA) is 0 Å². The summed E-state index contributed by atoms with van der Waals surface area (Å²) < 4.78 is 1.13. The Balaban J connectivity index is 3.95. The second kappa shape index (κ2) is 5.91. The highest BCUT2D eigenvalue weighted by Crippen LogP contribution is 2.26. The third-order valence-corrected chi connectivity index (χ3v) is 9.70. The van der Waals surface area contributed by atoms with E-state index >= 15 is 0 Å². The van der Waals surface area contributed by atoms with Gasteiger partial charge in [0.15, 0.2) is 0 Å². The SMILES string of the molecule is CC[Si](CC)(CC)CCC[N+](C)(C)C. The van der Waals surface area contributed by atoms with Crippen molar-refractivity contribution in [1.82, 2.24) is 0 Å². The Morgan fingerprint density at radius 2 is 1.29 bits per heavy atom. The van der Waals surface area contributed by atoms with Crippen molar-refractivity contribution in [2.75, 3.05) is 27.7 Å². The molecule has 0 aliphatic carbocycles. The molecule has 0 radical (unpaired) electrons. The lowest BCUT2D eigenvalue weighted by Crippen LogP contribution is -2.38. The zero-order valence-electron chi connectivity index (χ0n) is 11.2. The number of nitrogens with zero attached hydrogens (tertiary/aromatic N) is 1. The van der Waals surface area contributed by atoms with Crippen LogP contribution in [0.3, 0.4) is 0 Å². The Bertz CT molecular complexity index is 137. The van der Waals surface area contributed by atoms with Gasteiger partial charge < -0.3 is 4.48 Å². The van der Waals surface area contributed by atoms with E-state index in [1.54, 1.807) is 6.04 Å². The lowest BCUT2D eigenvalue weighted by atomic mass is 10.4. The van der Waals surface area contributed by atoms with Gasteiger partial charge in [0.25, 0.3) is 0 Å². The number of rotatable bonds is 7. The van der Waals surface area contributed by atoms with Gasteiger partial charge in [-0.3, -0.25) is 0 Å². The van der Waals surface area contributed by atoms with Gasteiger partial charge in [0, 0.05) is 0 Å². The lowest BCUT2D eigenvalue weighted by molar-refractivity contribution is -0.870. The molecule has 0 unspecified atom stereocenters. The standard InChI is InChI=1S/C12H30NSi/c1-7-14(8-2,9-3)12-10-11-13(4,5)6/h7-12H2,1-6H3/q+1. The van der Waals surface area contributed by atoms with E-state index in [0.717, 1.165) is 4.48 Å². The molecule has 0 aromatic rings. The van der Waals surface area contributed by atoms with Crippen molar-refractivity contribution in [3.05, 3.63) is 0 Å². The molecule has 0 bridgehead atoms. The summed E-state index contributed by atoms with van der Waals surface area (Å²) in [4.78, 5) is 0. The second-order valence-electron chi connectivity index (χ2n) is 5.68. The summed E-state index contributed by atoms with van der Waals surface area (Å²) in [5, 5.41) is 0. The van der Waals surface area contributed by atoms with Gasteiger partial charge in [-0.25, -0.2) is 0 Å². The summed E-state index contributed by atoms with van der Waals surface area (Å²) in [7, 11) is 6.07. The van der Waals surface area contributed by atoms with Crippen molar-refractivity contribution in [3.8, 4) is 0 Å². The maximum Gasteiger partial charge on any atom is 0.0777 e. The van der Waals surface area contributed by atoms with Gasteiger partial charge in [0.1, 0.15) is 0 Å². The Kier molecular flexibility index (Phi) is 5.99. The lowest BCUT2D eigenvalue weighted by Gasteiger charge is -2.30. The first kappa shape index (κ1) is 14.2. The quantitative estimate of drug-likeness (QED) is 0.451. The highest BCUT2D eigenvalue weighted by Gasteiger charge is 2.26. The van der Waals surface area contributed by atoms with Crippen molar-refractivity contribution < 1.29 is 4.48 Å². The van der Waals surface area contributed by atoms with Crippen LogP contribution in [0.25, 0.3) is 0 Å². The van der Waals surface area contributed by atoms with Crippen molar-refractivity contribution in [1.29, 1.82) is 0 Å². The summed E-state index contributed by atoms with van der Waals surface area (Å²) >= 11 is 0. The van der Waals surface area contributed by atoms with E-state index in [1.807, 2.05) is 0 Å². The molecule has 0 aliphatic rings. The zero-order valence-corrected chi connectivity index (χ0v) is 12.2. The molecule has 0 N–H and O–H groups in total. The van der Waals surface area contributed by atoms with Gasteiger partial charge in [-0.2, -0.15) is 0 Å². The van der Waals surface area contributed by atoms with Gasteiger partial charge in [-0.15, -0.1) is 0 Å². The van der Waals surface area contributed by atoms with Crippen LogP contribution in [0.5, 0.6) is 0 Å². The molecule has 2 heteroatoms. The first-order valence-electron chi connectivity index (χ1n) is 6.19. The van der Waals surface area contributed by atoms with E-state index in [-0.39, 0.29) is 0 Å². The molecule has 0 atom stereocenters. The molecule has 0 fully saturated rings. The second-order valence-corrected chi connectivity index (χ2v) is 11.3. The third kappa shape index (κ3) is 5.16. The first-order valence-corrected chi connectivity index (χ1v) is 9.02. The van der Waals surface area contributed by atoms with Crippen LogP contribution in [0.15, 0.2) is 0 Å². The van der Waals surface area contributed by atoms with Crippen LogP contribution < -0.4 is 0 Å². The van der Waals surface area contributed by atoms with Crippen LogP contribution in [0.2, 0.25) is 24.2 Å². The monoisotopic (exact) mass is 216 g/mol. The van der Waals surface area contributed by atoms with Crippen LogP contribution in [0.4, 0.5) is 0 Å². The normalized spacial score (nSPS) is 13.3. The molecule has 0 saturated heterocycles. The molecule has 0 saturated carbocycles. The fraction of sp³-hybridized carbons (Fsp3) is 1.00. The Morgan fingerprint density at radius 3 is 1.57 bits per heavy atom. The maximum atomic E-state index is 2.41. The number of hydrogen-bond acceptors (Lipinski definition) is 0. The maximum absolute atomic E-state index is 2.41. The molecule has 0 rings (SSSR count). The fourth-order valence-electron chi connectivity index (χ4n) is 2.21. The summed E-state index contributed by atoms with van der Waals surface area (Å²) in [6.07, 6.45) is 1.44. The smallest absolute Gasteiger partial charge is 0.0777 e.